The molecule has 0 bridgehead atoms. The van der Waals surface area contributed by atoms with Gasteiger partial charge in [-0.1, -0.05) is 41.9 Å². The fraction of sp³-hybridized carbons (Fsp3) is 0.375. The summed E-state index contributed by atoms with van der Waals surface area (Å²) >= 11 is 6.80. The van der Waals surface area contributed by atoms with Crippen LogP contribution >= 0.6 is 22.9 Å². The van der Waals surface area contributed by atoms with Gasteiger partial charge in [-0.3, -0.25) is 0 Å². The largest absolute Gasteiger partial charge is 0.305 e. The molecule has 0 saturated carbocycles. The van der Waals surface area contributed by atoms with E-state index in [-0.39, 0.29) is 21.8 Å². The molecule has 1 aromatic heterocycles. The minimum Gasteiger partial charge on any atom is -0.305 e. The van der Waals surface area contributed by atoms with Crippen molar-refractivity contribution in [2.24, 2.45) is 0 Å². The van der Waals surface area contributed by atoms with E-state index < -0.39 is 31.0 Å². The van der Waals surface area contributed by atoms with Crippen LogP contribution in [0.15, 0.2) is 46.7 Å². The molecule has 2 heterocycles. The molecule has 2 aromatic rings. The molecule has 136 valence electrons. The number of sulfone groups is 2. The zero-order valence-corrected chi connectivity index (χ0v) is 16.6. The maximum atomic E-state index is 12.9. The molecule has 1 aliphatic heterocycles. The molecule has 1 fully saturated rings. The highest BCUT2D eigenvalue weighted by molar-refractivity contribution is 7.97. The van der Waals surface area contributed by atoms with Crippen LogP contribution in [0, 0.1) is 0 Å². The van der Waals surface area contributed by atoms with Crippen molar-refractivity contribution < 1.29 is 16.8 Å². The SMILES string of the molecule is CC(N[C@H]1CS(=O)(=O)C[C@@H]1S(=O)(=O)c1ccc(Cl)s1)c1ccccc1. The summed E-state index contributed by atoms with van der Waals surface area (Å²) in [6.45, 7) is 1.89. The molecule has 0 spiro atoms. The monoisotopic (exact) mass is 419 g/mol. The molecule has 1 unspecified atom stereocenters. The van der Waals surface area contributed by atoms with Gasteiger partial charge in [0.1, 0.15) is 4.21 Å². The van der Waals surface area contributed by atoms with E-state index in [9.17, 15) is 16.8 Å². The number of thiophene rings is 1. The standard InChI is InChI=1S/C16H18ClNO4S3/c1-11(12-5-3-2-4-6-12)18-13-9-24(19,20)10-14(13)25(21,22)16-8-7-15(17)23-16/h2-8,11,13-14,18H,9-10H2,1H3/t11?,13-,14-/m0/s1. The Labute approximate surface area is 156 Å². The fourth-order valence-electron chi connectivity index (χ4n) is 3.04. The van der Waals surface area contributed by atoms with Crippen LogP contribution in [0.3, 0.4) is 0 Å². The Hall–Kier alpha value is -0.930. The Bertz CT molecular complexity index is 954. The number of hydrogen-bond donors (Lipinski definition) is 1. The van der Waals surface area contributed by atoms with E-state index in [1.807, 2.05) is 37.3 Å². The van der Waals surface area contributed by atoms with Gasteiger partial charge >= 0.3 is 0 Å². The van der Waals surface area contributed by atoms with E-state index in [2.05, 4.69) is 5.32 Å². The molecule has 0 aliphatic carbocycles. The molecular weight excluding hydrogens is 402 g/mol. The van der Waals surface area contributed by atoms with E-state index in [0.29, 0.717) is 4.34 Å². The Morgan fingerprint density at radius 3 is 2.44 bits per heavy atom. The number of rotatable bonds is 5. The molecule has 1 saturated heterocycles. The first kappa shape index (κ1) is 18.8. The molecule has 9 heteroatoms. The molecule has 5 nitrogen and oxygen atoms in total. The van der Waals surface area contributed by atoms with Gasteiger partial charge in [-0.05, 0) is 24.6 Å². The predicted octanol–water partition coefficient (Wildman–Crippen LogP) is 2.69. The Balaban J connectivity index is 1.89. The van der Waals surface area contributed by atoms with Crippen LogP contribution in [0.1, 0.15) is 18.5 Å². The highest BCUT2D eigenvalue weighted by Crippen LogP contribution is 2.33. The van der Waals surface area contributed by atoms with Crippen molar-refractivity contribution in [1.82, 2.24) is 5.32 Å². The van der Waals surface area contributed by atoms with Gasteiger partial charge < -0.3 is 5.32 Å². The predicted molar refractivity (Wildman–Crippen MR) is 101 cm³/mol. The summed E-state index contributed by atoms with van der Waals surface area (Å²) in [7, 11) is -7.20. The zero-order chi connectivity index (χ0) is 18.2. The molecule has 1 aromatic carbocycles. The van der Waals surface area contributed by atoms with Crippen LogP contribution in [-0.4, -0.2) is 39.6 Å². The van der Waals surface area contributed by atoms with Gasteiger partial charge in [-0.25, -0.2) is 16.8 Å². The van der Waals surface area contributed by atoms with Gasteiger partial charge in [0.25, 0.3) is 0 Å². The second kappa shape index (κ2) is 7.00. The maximum Gasteiger partial charge on any atom is 0.193 e. The average Bonchev–Trinajstić information content (AvgIpc) is 3.12. The fourth-order valence-corrected chi connectivity index (χ4v) is 9.42. The Morgan fingerprint density at radius 2 is 1.84 bits per heavy atom. The van der Waals surface area contributed by atoms with E-state index in [1.54, 1.807) is 0 Å². The first-order chi connectivity index (χ1) is 11.7. The number of benzene rings is 1. The molecule has 0 radical (unpaired) electrons. The van der Waals surface area contributed by atoms with Crippen molar-refractivity contribution in [1.29, 1.82) is 0 Å². The van der Waals surface area contributed by atoms with Crippen molar-refractivity contribution in [3.63, 3.8) is 0 Å². The zero-order valence-electron chi connectivity index (χ0n) is 13.4. The highest BCUT2D eigenvalue weighted by atomic mass is 35.5. The van der Waals surface area contributed by atoms with Crippen LogP contribution in [0.25, 0.3) is 0 Å². The summed E-state index contributed by atoms with van der Waals surface area (Å²) in [6.07, 6.45) is 0. The van der Waals surface area contributed by atoms with Crippen molar-refractivity contribution >= 4 is 42.6 Å². The lowest BCUT2D eigenvalue weighted by Crippen LogP contribution is -2.44. The van der Waals surface area contributed by atoms with Crippen LogP contribution in [0.2, 0.25) is 4.34 Å². The molecule has 3 rings (SSSR count). The molecule has 3 atom stereocenters. The molecule has 25 heavy (non-hydrogen) atoms. The van der Waals surface area contributed by atoms with Crippen LogP contribution in [0.4, 0.5) is 0 Å². The Kier molecular flexibility index (Phi) is 5.28. The van der Waals surface area contributed by atoms with Gasteiger partial charge in [-0.2, -0.15) is 0 Å². The lowest BCUT2D eigenvalue weighted by molar-refractivity contribution is 0.476. The van der Waals surface area contributed by atoms with Crippen molar-refractivity contribution in [3.05, 3.63) is 52.4 Å². The third-order valence-electron chi connectivity index (χ3n) is 4.29. The van der Waals surface area contributed by atoms with E-state index in [1.165, 1.54) is 12.1 Å². The van der Waals surface area contributed by atoms with Gasteiger partial charge in [0.05, 0.1) is 21.1 Å². The quantitative estimate of drug-likeness (QED) is 0.805. The summed E-state index contributed by atoms with van der Waals surface area (Å²) in [5, 5.41) is 2.18. The van der Waals surface area contributed by atoms with Crippen LogP contribution in [-0.2, 0) is 19.7 Å². The lowest BCUT2D eigenvalue weighted by Gasteiger charge is -2.23. The van der Waals surface area contributed by atoms with E-state index in [4.69, 9.17) is 11.6 Å². The average molecular weight is 420 g/mol. The third-order valence-corrected chi connectivity index (χ3v) is 10.2. The second-order valence-electron chi connectivity index (χ2n) is 6.12. The third kappa shape index (κ3) is 4.09. The Morgan fingerprint density at radius 1 is 1.16 bits per heavy atom. The molecule has 1 N–H and O–H groups in total. The van der Waals surface area contributed by atoms with E-state index >= 15 is 0 Å². The first-order valence-corrected chi connectivity index (χ1v) is 12.3. The topological polar surface area (TPSA) is 80.3 Å². The van der Waals surface area contributed by atoms with Gasteiger partial charge in [0.2, 0.25) is 0 Å². The van der Waals surface area contributed by atoms with Crippen molar-refractivity contribution in [2.45, 2.75) is 28.5 Å². The highest BCUT2D eigenvalue weighted by Gasteiger charge is 2.46. The lowest BCUT2D eigenvalue weighted by atomic mass is 10.1. The maximum absolute atomic E-state index is 12.9. The van der Waals surface area contributed by atoms with Crippen LogP contribution < -0.4 is 5.32 Å². The summed E-state index contributed by atoms with van der Waals surface area (Å²) < 4.78 is 50.5. The minimum absolute atomic E-state index is 0.110. The van der Waals surface area contributed by atoms with Gasteiger partial charge in [0, 0.05) is 12.1 Å². The van der Waals surface area contributed by atoms with Crippen molar-refractivity contribution in [3.8, 4) is 0 Å². The second-order valence-corrected chi connectivity index (χ2v) is 12.4. The van der Waals surface area contributed by atoms with E-state index in [0.717, 1.165) is 16.9 Å². The smallest absolute Gasteiger partial charge is 0.193 e. The van der Waals surface area contributed by atoms with Crippen LogP contribution in [0.5, 0.6) is 0 Å². The molecule has 1 aliphatic rings. The summed E-state index contributed by atoms with van der Waals surface area (Å²) in [5.74, 6) is -0.558. The van der Waals surface area contributed by atoms with Crippen molar-refractivity contribution in [2.75, 3.05) is 11.5 Å². The number of nitrogens with one attached hydrogen (secondary N) is 1. The summed E-state index contributed by atoms with van der Waals surface area (Å²) in [6, 6.07) is 11.6. The molecule has 0 amide bonds. The number of hydrogen-bond acceptors (Lipinski definition) is 6. The normalized spacial score (nSPS) is 24.2. The number of halogens is 1. The van der Waals surface area contributed by atoms with Gasteiger partial charge in [0.15, 0.2) is 19.7 Å². The van der Waals surface area contributed by atoms with Gasteiger partial charge in [-0.15, -0.1) is 11.3 Å². The summed E-state index contributed by atoms with van der Waals surface area (Å²) in [4.78, 5) is 0. The first-order valence-electron chi connectivity index (χ1n) is 7.70. The molecular formula is C16H18ClNO4S3. The summed E-state index contributed by atoms with van der Waals surface area (Å²) in [5.41, 5.74) is 0.974. The minimum atomic E-state index is -3.77.